The van der Waals surface area contributed by atoms with Gasteiger partial charge in [-0.05, 0) is 42.0 Å². The molecule has 146 valence electrons. The smallest absolute Gasteiger partial charge is 0.326 e. The number of hydrogen-bond donors (Lipinski definition) is 5. The molecule has 1 unspecified atom stereocenters. The Morgan fingerprint density at radius 2 is 2.00 bits per heavy atom. The molecular weight excluding hydrogens is 382 g/mol. The topological polar surface area (TPSA) is 146 Å². The monoisotopic (exact) mass is 401 g/mol. The van der Waals surface area contributed by atoms with Crippen LogP contribution in [0.2, 0.25) is 0 Å². The third kappa shape index (κ3) is 6.65. The van der Waals surface area contributed by atoms with Crippen molar-refractivity contribution in [3.8, 4) is 0 Å². The fourth-order valence-electron chi connectivity index (χ4n) is 2.34. The predicted molar refractivity (Wildman–Crippen MR) is 107 cm³/mol. The number of carboxylic acid groups (broad SMARTS) is 1. The summed E-state index contributed by atoms with van der Waals surface area (Å²) >= 11 is 4.74. The summed E-state index contributed by atoms with van der Waals surface area (Å²) in [5.74, 6) is -2.30. The third-order valence-corrected chi connectivity index (χ3v) is 3.70. The number of carbonyl (C=O) groups excluding carboxylic acids is 2. The molecule has 0 saturated heterocycles. The summed E-state index contributed by atoms with van der Waals surface area (Å²) in [6.45, 7) is -0.372. The summed E-state index contributed by atoms with van der Waals surface area (Å²) in [6, 6.07) is 8.64. The van der Waals surface area contributed by atoms with E-state index >= 15 is 0 Å². The molecule has 1 heterocycles. The highest BCUT2D eigenvalue weighted by Crippen LogP contribution is 2.10. The van der Waals surface area contributed by atoms with Crippen LogP contribution in [-0.2, 0) is 16.0 Å². The molecule has 2 amide bonds. The highest BCUT2D eigenvalue weighted by atomic mass is 32.1. The summed E-state index contributed by atoms with van der Waals surface area (Å²) in [5.41, 5.74) is 6.88. The van der Waals surface area contributed by atoms with Crippen LogP contribution in [-0.4, -0.2) is 45.6 Å². The highest BCUT2D eigenvalue weighted by Gasteiger charge is 2.20. The second-order valence-corrected chi connectivity index (χ2v) is 6.22. The molecule has 2 aromatic rings. The summed E-state index contributed by atoms with van der Waals surface area (Å²) in [7, 11) is 0. The molecule has 0 bridgehead atoms. The van der Waals surface area contributed by atoms with Gasteiger partial charge < -0.3 is 26.8 Å². The van der Waals surface area contributed by atoms with Crippen LogP contribution in [0, 0.1) is 0 Å². The summed E-state index contributed by atoms with van der Waals surface area (Å²) in [4.78, 5) is 39.5. The van der Waals surface area contributed by atoms with Crippen LogP contribution in [0.25, 0.3) is 0 Å². The Labute approximate surface area is 166 Å². The number of pyridine rings is 1. The molecule has 28 heavy (non-hydrogen) atoms. The van der Waals surface area contributed by atoms with Gasteiger partial charge in [0.25, 0.3) is 5.91 Å². The number of thiocarbonyl (C=S) groups is 1. The molecule has 0 aliphatic heterocycles. The first kappa shape index (κ1) is 20.8. The fraction of sp³-hybridized carbons (Fsp3) is 0.167. The van der Waals surface area contributed by atoms with Gasteiger partial charge in [-0.1, -0.05) is 12.1 Å². The molecule has 1 aromatic heterocycles. The van der Waals surface area contributed by atoms with Crippen LogP contribution in [0.1, 0.15) is 15.9 Å². The molecular formula is C18H19N5O4S. The summed E-state index contributed by atoms with van der Waals surface area (Å²) in [5, 5.41) is 16.9. The van der Waals surface area contributed by atoms with Crippen molar-refractivity contribution in [1.82, 2.24) is 15.6 Å². The van der Waals surface area contributed by atoms with Gasteiger partial charge in [-0.2, -0.15) is 0 Å². The Hall–Kier alpha value is -3.53. The zero-order chi connectivity index (χ0) is 20.5. The summed E-state index contributed by atoms with van der Waals surface area (Å²) < 4.78 is 0. The molecule has 0 spiro atoms. The van der Waals surface area contributed by atoms with Crippen LogP contribution in [0.15, 0.2) is 48.8 Å². The lowest BCUT2D eigenvalue weighted by Gasteiger charge is -2.15. The Morgan fingerprint density at radius 3 is 2.64 bits per heavy atom. The van der Waals surface area contributed by atoms with Gasteiger partial charge in [0.2, 0.25) is 5.91 Å². The Bertz CT molecular complexity index is 875. The molecule has 0 fully saturated rings. The average molecular weight is 401 g/mol. The fourth-order valence-corrected chi connectivity index (χ4v) is 2.46. The van der Waals surface area contributed by atoms with E-state index in [4.69, 9.17) is 18.0 Å². The van der Waals surface area contributed by atoms with E-state index in [0.717, 1.165) is 0 Å². The van der Waals surface area contributed by atoms with Gasteiger partial charge in [0, 0.05) is 30.1 Å². The number of amides is 2. The van der Waals surface area contributed by atoms with Gasteiger partial charge in [0.05, 0.1) is 6.54 Å². The van der Waals surface area contributed by atoms with Crippen LogP contribution >= 0.6 is 12.2 Å². The normalized spacial score (nSPS) is 11.1. The number of nitrogens with zero attached hydrogens (tertiary/aromatic N) is 1. The summed E-state index contributed by atoms with van der Waals surface area (Å²) in [6.07, 6.45) is 3.17. The van der Waals surface area contributed by atoms with Crippen molar-refractivity contribution in [2.75, 3.05) is 11.9 Å². The van der Waals surface area contributed by atoms with Crippen molar-refractivity contribution in [2.24, 2.45) is 5.73 Å². The van der Waals surface area contributed by atoms with E-state index in [2.05, 4.69) is 20.9 Å². The molecule has 0 aliphatic carbocycles. The maximum atomic E-state index is 12.2. The van der Waals surface area contributed by atoms with Gasteiger partial charge in [-0.25, -0.2) is 4.79 Å². The quantitative estimate of drug-likeness (QED) is 0.396. The van der Waals surface area contributed by atoms with Crippen LogP contribution in [0.3, 0.4) is 0 Å². The minimum absolute atomic E-state index is 0.0604. The van der Waals surface area contributed by atoms with Gasteiger partial charge in [0.15, 0.2) is 5.11 Å². The van der Waals surface area contributed by atoms with Gasteiger partial charge >= 0.3 is 5.97 Å². The Kier molecular flexibility index (Phi) is 7.40. The molecule has 0 saturated carbocycles. The zero-order valence-corrected chi connectivity index (χ0v) is 15.5. The van der Waals surface area contributed by atoms with Gasteiger partial charge in [0.1, 0.15) is 6.04 Å². The Morgan fingerprint density at radius 1 is 1.21 bits per heavy atom. The first-order valence-corrected chi connectivity index (χ1v) is 8.62. The zero-order valence-electron chi connectivity index (χ0n) is 14.7. The van der Waals surface area contributed by atoms with Crippen molar-refractivity contribution in [3.63, 3.8) is 0 Å². The van der Waals surface area contributed by atoms with Crippen molar-refractivity contribution in [2.45, 2.75) is 12.5 Å². The predicted octanol–water partition coefficient (Wildman–Crippen LogP) is 0.279. The number of hydrogen-bond acceptors (Lipinski definition) is 5. The first-order chi connectivity index (χ1) is 13.3. The number of anilines is 1. The van der Waals surface area contributed by atoms with Crippen LogP contribution in [0.5, 0.6) is 0 Å². The lowest BCUT2D eigenvalue weighted by atomic mass is 10.1. The molecule has 1 aromatic carbocycles. The SMILES string of the molecule is NC(=S)Nc1cccc(C(=O)NCC(=O)NC(Cc2cccnc2)C(=O)O)c1. The van der Waals surface area contributed by atoms with Gasteiger partial charge in [-0.3, -0.25) is 14.6 Å². The number of carbonyl (C=O) groups is 3. The first-order valence-electron chi connectivity index (χ1n) is 8.21. The lowest BCUT2D eigenvalue weighted by Crippen LogP contribution is -2.46. The number of rotatable bonds is 8. The third-order valence-electron chi connectivity index (χ3n) is 3.60. The standard InChI is InChI=1S/C18H19N5O4S/c19-18(28)22-13-5-1-4-12(8-13)16(25)21-10-15(24)23-14(17(26)27)7-11-3-2-6-20-9-11/h1-6,8-9,14H,7,10H2,(H,21,25)(H,23,24)(H,26,27)(H3,19,22,28). The number of nitrogens with two attached hydrogens (primary N) is 1. The molecule has 2 rings (SSSR count). The van der Waals surface area contributed by atoms with E-state index in [9.17, 15) is 19.5 Å². The highest BCUT2D eigenvalue weighted by molar-refractivity contribution is 7.80. The van der Waals surface area contributed by atoms with E-state index in [-0.39, 0.29) is 18.1 Å². The number of benzene rings is 1. The van der Waals surface area contributed by atoms with Crippen molar-refractivity contribution in [3.05, 3.63) is 59.9 Å². The largest absolute Gasteiger partial charge is 0.480 e. The average Bonchev–Trinajstić information content (AvgIpc) is 2.66. The van der Waals surface area contributed by atoms with E-state index in [1.54, 1.807) is 36.5 Å². The molecule has 1 atom stereocenters. The molecule has 6 N–H and O–H groups in total. The van der Waals surface area contributed by atoms with E-state index in [1.807, 2.05) is 0 Å². The second kappa shape index (κ2) is 9.97. The van der Waals surface area contributed by atoms with Gasteiger partial charge in [-0.15, -0.1) is 0 Å². The van der Waals surface area contributed by atoms with E-state index < -0.39 is 23.8 Å². The van der Waals surface area contributed by atoms with E-state index in [0.29, 0.717) is 16.8 Å². The minimum atomic E-state index is -1.18. The molecule has 0 aliphatic rings. The molecule has 10 heteroatoms. The molecule has 9 nitrogen and oxygen atoms in total. The number of aliphatic carboxylic acids is 1. The van der Waals surface area contributed by atoms with E-state index in [1.165, 1.54) is 12.3 Å². The Balaban J connectivity index is 1.90. The van der Waals surface area contributed by atoms with Crippen LogP contribution < -0.4 is 21.7 Å². The van der Waals surface area contributed by atoms with Crippen molar-refractivity contribution in [1.29, 1.82) is 0 Å². The number of carboxylic acids is 1. The maximum Gasteiger partial charge on any atom is 0.326 e. The van der Waals surface area contributed by atoms with Crippen molar-refractivity contribution < 1.29 is 19.5 Å². The number of nitrogens with one attached hydrogen (secondary N) is 3. The van der Waals surface area contributed by atoms with Crippen molar-refractivity contribution >= 4 is 40.8 Å². The number of aromatic nitrogens is 1. The van der Waals surface area contributed by atoms with Crippen LogP contribution in [0.4, 0.5) is 5.69 Å². The second-order valence-electron chi connectivity index (χ2n) is 5.78. The minimum Gasteiger partial charge on any atom is -0.480 e. The lowest BCUT2D eigenvalue weighted by molar-refractivity contribution is -0.141. The maximum absolute atomic E-state index is 12.2. The molecule has 0 radical (unpaired) electrons.